The van der Waals surface area contributed by atoms with Crippen LogP contribution in [0.5, 0.6) is 11.5 Å². The third-order valence-corrected chi connectivity index (χ3v) is 4.99. The van der Waals surface area contributed by atoms with Gasteiger partial charge in [0, 0.05) is 11.8 Å². The van der Waals surface area contributed by atoms with Gasteiger partial charge in [0.05, 0.1) is 30.8 Å². The highest BCUT2D eigenvalue weighted by Gasteiger charge is 2.34. The summed E-state index contributed by atoms with van der Waals surface area (Å²) in [7, 11) is 2.56. The molecule has 1 unspecified atom stereocenters. The van der Waals surface area contributed by atoms with Crippen molar-refractivity contribution in [3.8, 4) is 11.5 Å². The zero-order valence-electron chi connectivity index (χ0n) is 18.1. The van der Waals surface area contributed by atoms with Gasteiger partial charge in [0.15, 0.2) is 5.75 Å². The van der Waals surface area contributed by atoms with Gasteiger partial charge in [0.1, 0.15) is 6.61 Å². The molecule has 0 saturated carbocycles. The summed E-state index contributed by atoms with van der Waals surface area (Å²) in [5, 5.41) is 17.0. The smallest absolute Gasteiger partial charge is 0.337 e. The first-order chi connectivity index (χ1) is 15.2. The summed E-state index contributed by atoms with van der Waals surface area (Å²) in [6.45, 7) is 3.59. The second-order valence-corrected chi connectivity index (χ2v) is 7.16. The van der Waals surface area contributed by atoms with E-state index < -0.39 is 23.0 Å². The van der Waals surface area contributed by atoms with Crippen LogP contribution in [0.25, 0.3) is 0 Å². The highest BCUT2D eigenvalue weighted by molar-refractivity contribution is 5.95. The standard InChI is InChI=1S/C22H23N3O7/c1-12-5-7-14(8-6-12)11-32-20-16(25(28)29)9-15(10-17(20)30-3)19-18(21(26)31-4)13(2)23-22(27)24-19/h5-10,19H,11H2,1-4H3,(H2,23,24,27). The van der Waals surface area contributed by atoms with Gasteiger partial charge in [-0.2, -0.15) is 0 Å². The molecule has 1 atom stereocenters. The van der Waals surface area contributed by atoms with E-state index in [1.165, 1.54) is 26.4 Å². The fraction of sp³-hybridized carbons (Fsp3) is 0.273. The van der Waals surface area contributed by atoms with Crippen molar-refractivity contribution in [3.05, 3.63) is 74.5 Å². The Labute approximate surface area is 184 Å². The van der Waals surface area contributed by atoms with Crippen LogP contribution in [0.3, 0.4) is 0 Å². The van der Waals surface area contributed by atoms with Gasteiger partial charge in [0.25, 0.3) is 0 Å². The molecular weight excluding hydrogens is 418 g/mol. The molecule has 0 fully saturated rings. The number of nitrogens with one attached hydrogen (secondary N) is 2. The number of ether oxygens (including phenoxy) is 3. The monoisotopic (exact) mass is 441 g/mol. The summed E-state index contributed by atoms with van der Waals surface area (Å²) in [6.07, 6.45) is 0. The molecule has 0 saturated heterocycles. The molecule has 0 aromatic heterocycles. The summed E-state index contributed by atoms with van der Waals surface area (Å²) in [6, 6.07) is 8.76. The van der Waals surface area contributed by atoms with Crippen molar-refractivity contribution in [2.45, 2.75) is 26.5 Å². The summed E-state index contributed by atoms with van der Waals surface area (Å²) in [5.41, 5.74) is 2.22. The quantitative estimate of drug-likeness (QED) is 0.383. The lowest BCUT2D eigenvalue weighted by Crippen LogP contribution is -2.45. The number of benzene rings is 2. The fourth-order valence-corrected chi connectivity index (χ4v) is 3.37. The number of carbonyl (C=O) groups is 2. The third kappa shape index (κ3) is 4.64. The molecule has 2 aromatic carbocycles. The number of amides is 2. The minimum absolute atomic E-state index is 0.0533. The first-order valence-electron chi connectivity index (χ1n) is 9.66. The summed E-state index contributed by atoms with van der Waals surface area (Å²) in [5.74, 6) is -0.639. The number of methoxy groups -OCH3 is 2. The number of esters is 1. The molecule has 32 heavy (non-hydrogen) atoms. The summed E-state index contributed by atoms with van der Waals surface area (Å²) >= 11 is 0. The number of carbonyl (C=O) groups excluding carboxylic acids is 2. The molecule has 2 aromatic rings. The van der Waals surface area contributed by atoms with Crippen LogP contribution >= 0.6 is 0 Å². The lowest BCUT2D eigenvalue weighted by molar-refractivity contribution is -0.386. The average molecular weight is 441 g/mol. The SMILES string of the molecule is COC(=O)C1=C(C)NC(=O)NC1c1cc(OC)c(OCc2ccc(C)cc2)c([N+](=O)[O-])c1. The first-order valence-corrected chi connectivity index (χ1v) is 9.66. The molecule has 1 aliphatic rings. The number of hydrogen-bond donors (Lipinski definition) is 2. The van der Waals surface area contributed by atoms with Gasteiger partial charge in [-0.1, -0.05) is 29.8 Å². The van der Waals surface area contributed by atoms with E-state index in [1.807, 2.05) is 31.2 Å². The minimum Gasteiger partial charge on any atom is -0.493 e. The maximum Gasteiger partial charge on any atom is 0.337 e. The van der Waals surface area contributed by atoms with Crippen molar-refractivity contribution in [1.82, 2.24) is 10.6 Å². The molecule has 168 valence electrons. The molecule has 0 spiro atoms. The first kappa shape index (κ1) is 22.6. The molecule has 1 aliphatic heterocycles. The van der Waals surface area contributed by atoms with Crippen molar-refractivity contribution in [3.63, 3.8) is 0 Å². The van der Waals surface area contributed by atoms with Gasteiger partial charge >= 0.3 is 17.7 Å². The lowest BCUT2D eigenvalue weighted by Gasteiger charge is -2.28. The van der Waals surface area contributed by atoms with Crippen LogP contribution < -0.4 is 20.1 Å². The number of nitrogens with zero attached hydrogens (tertiary/aromatic N) is 1. The number of urea groups is 1. The average Bonchev–Trinajstić information content (AvgIpc) is 2.77. The Balaban J connectivity index is 2.05. The molecular formula is C22H23N3O7. The number of aryl methyl sites for hydroxylation is 1. The van der Waals surface area contributed by atoms with Gasteiger partial charge in [0.2, 0.25) is 5.75 Å². The molecule has 0 aliphatic carbocycles. The highest BCUT2D eigenvalue weighted by atomic mass is 16.6. The molecule has 1 heterocycles. The topological polar surface area (TPSA) is 129 Å². The Kier molecular flexibility index (Phi) is 6.62. The van der Waals surface area contributed by atoms with E-state index >= 15 is 0 Å². The summed E-state index contributed by atoms with van der Waals surface area (Å²) < 4.78 is 15.9. The van der Waals surface area contributed by atoms with Crippen molar-refractivity contribution >= 4 is 17.7 Å². The Morgan fingerprint density at radius 2 is 1.84 bits per heavy atom. The predicted molar refractivity (Wildman–Crippen MR) is 114 cm³/mol. The number of nitro benzene ring substituents is 1. The van der Waals surface area contributed by atoms with Gasteiger partial charge in [-0.15, -0.1) is 0 Å². The number of hydrogen-bond acceptors (Lipinski definition) is 7. The van der Waals surface area contributed by atoms with Gasteiger partial charge in [-0.3, -0.25) is 10.1 Å². The van der Waals surface area contributed by atoms with E-state index in [2.05, 4.69) is 10.6 Å². The van der Waals surface area contributed by atoms with Gasteiger partial charge < -0.3 is 24.8 Å². The van der Waals surface area contributed by atoms with Crippen LogP contribution in [-0.2, 0) is 16.1 Å². The van der Waals surface area contributed by atoms with Crippen LogP contribution in [0.15, 0.2) is 47.7 Å². The zero-order chi connectivity index (χ0) is 23.4. The van der Waals surface area contributed by atoms with E-state index in [1.54, 1.807) is 6.92 Å². The van der Waals surface area contributed by atoms with E-state index in [0.29, 0.717) is 0 Å². The zero-order valence-corrected chi connectivity index (χ0v) is 18.1. The predicted octanol–water partition coefficient (Wildman–Crippen LogP) is 3.29. The largest absolute Gasteiger partial charge is 0.493 e. The van der Waals surface area contributed by atoms with E-state index in [0.717, 1.165) is 11.1 Å². The molecule has 10 nitrogen and oxygen atoms in total. The van der Waals surface area contributed by atoms with Crippen molar-refractivity contribution < 1.29 is 28.7 Å². The molecule has 2 N–H and O–H groups in total. The molecule has 0 radical (unpaired) electrons. The Bertz CT molecular complexity index is 1090. The number of rotatable bonds is 7. The Morgan fingerprint density at radius 3 is 2.44 bits per heavy atom. The second-order valence-electron chi connectivity index (χ2n) is 7.16. The maximum absolute atomic E-state index is 12.3. The van der Waals surface area contributed by atoms with Crippen LogP contribution in [0.2, 0.25) is 0 Å². The number of nitro groups is 1. The van der Waals surface area contributed by atoms with Gasteiger partial charge in [-0.25, -0.2) is 9.59 Å². The molecule has 0 bridgehead atoms. The lowest BCUT2D eigenvalue weighted by atomic mass is 9.94. The van der Waals surface area contributed by atoms with E-state index in [9.17, 15) is 19.7 Å². The molecule has 3 rings (SSSR count). The second kappa shape index (κ2) is 9.38. The normalized spacial score (nSPS) is 15.5. The molecule has 10 heteroatoms. The van der Waals surface area contributed by atoms with Crippen LogP contribution in [0.1, 0.15) is 29.7 Å². The van der Waals surface area contributed by atoms with Crippen LogP contribution in [-0.4, -0.2) is 31.1 Å². The molecule has 2 amide bonds. The van der Waals surface area contributed by atoms with Crippen LogP contribution in [0.4, 0.5) is 10.5 Å². The van der Waals surface area contributed by atoms with E-state index in [4.69, 9.17) is 14.2 Å². The van der Waals surface area contributed by atoms with Crippen molar-refractivity contribution in [2.75, 3.05) is 14.2 Å². The van der Waals surface area contributed by atoms with Crippen molar-refractivity contribution in [2.24, 2.45) is 0 Å². The Morgan fingerprint density at radius 1 is 1.16 bits per heavy atom. The van der Waals surface area contributed by atoms with E-state index in [-0.39, 0.29) is 40.6 Å². The number of allylic oxidation sites excluding steroid dienone is 1. The highest BCUT2D eigenvalue weighted by Crippen LogP contribution is 2.42. The Hall–Kier alpha value is -4.08. The summed E-state index contributed by atoms with van der Waals surface area (Å²) in [4.78, 5) is 35.6. The maximum atomic E-state index is 12.3. The van der Waals surface area contributed by atoms with Crippen LogP contribution in [0, 0.1) is 17.0 Å². The van der Waals surface area contributed by atoms with Crippen molar-refractivity contribution in [1.29, 1.82) is 0 Å². The van der Waals surface area contributed by atoms with Gasteiger partial charge in [-0.05, 0) is 31.0 Å². The minimum atomic E-state index is -0.977. The third-order valence-electron chi connectivity index (χ3n) is 4.99. The fourth-order valence-electron chi connectivity index (χ4n) is 3.37.